The van der Waals surface area contributed by atoms with E-state index in [2.05, 4.69) is 28.4 Å². The van der Waals surface area contributed by atoms with E-state index < -0.39 is 0 Å². The van der Waals surface area contributed by atoms with Crippen molar-refractivity contribution in [1.29, 1.82) is 0 Å². The van der Waals surface area contributed by atoms with Crippen LogP contribution in [0.25, 0.3) is 5.69 Å². The van der Waals surface area contributed by atoms with Gasteiger partial charge in [-0.15, -0.1) is 11.3 Å². The largest absolute Gasteiger partial charge is 0.340 e. The van der Waals surface area contributed by atoms with Crippen molar-refractivity contribution in [2.24, 2.45) is 0 Å². The number of rotatable bonds is 5. The van der Waals surface area contributed by atoms with Gasteiger partial charge in [-0.3, -0.25) is 9.69 Å². The zero-order chi connectivity index (χ0) is 18.8. The molecule has 0 fully saturated rings. The fraction of sp³-hybridized carbons (Fsp3) is 0.333. The molecule has 1 aliphatic rings. The molecule has 27 heavy (non-hydrogen) atoms. The number of amides is 1. The highest BCUT2D eigenvalue weighted by Gasteiger charge is 2.27. The molecule has 1 aliphatic heterocycles. The van der Waals surface area contributed by atoms with Crippen LogP contribution in [0.5, 0.6) is 0 Å². The summed E-state index contributed by atoms with van der Waals surface area (Å²) in [6.45, 7) is 4.17. The number of fused-ring (bicyclic) bond motifs is 1. The van der Waals surface area contributed by atoms with Crippen molar-refractivity contribution < 1.29 is 4.79 Å². The summed E-state index contributed by atoms with van der Waals surface area (Å²) in [6, 6.07) is 12.5. The van der Waals surface area contributed by atoms with Gasteiger partial charge in [-0.05, 0) is 42.5 Å². The molecule has 2 aromatic heterocycles. The molecule has 140 valence electrons. The predicted octanol–water partition coefficient (Wildman–Crippen LogP) is 3.51. The Morgan fingerprint density at radius 1 is 1.30 bits per heavy atom. The van der Waals surface area contributed by atoms with E-state index >= 15 is 0 Å². The molecule has 0 saturated heterocycles. The van der Waals surface area contributed by atoms with E-state index in [0.29, 0.717) is 19.1 Å². The molecule has 1 aromatic carbocycles. The quantitative estimate of drug-likeness (QED) is 0.680. The van der Waals surface area contributed by atoms with E-state index in [1.807, 2.05) is 65.8 Å². The fourth-order valence-corrected chi connectivity index (χ4v) is 4.56. The minimum atomic E-state index is 0.146. The lowest BCUT2D eigenvalue weighted by Gasteiger charge is -2.34. The minimum Gasteiger partial charge on any atom is -0.340 e. The smallest absolute Gasteiger partial charge is 0.236 e. The van der Waals surface area contributed by atoms with Crippen LogP contribution in [0, 0.1) is 0 Å². The molecular formula is C21H24N4OS. The first-order chi connectivity index (χ1) is 13.1. The van der Waals surface area contributed by atoms with E-state index in [1.54, 1.807) is 4.90 Å². The first-order valence-corrected chi connectivity index (χ1v) is 10.1. The Morgan fingerprint density at radius 3 is 2.93 bits per heavy atom. The normalized spacial score (nSPS) is 16.9. The number of thiophene rings is 1. The maximum absolute atomic E-state index is 12.7. The van der Waals surface area contributed by atoms with E-state index in [4.69, 9.17) is 0 Å². The number of hydrogen-bond acceptors (Lipinski definition) is 4. The highest BCUT2D eigenvalue weighted by atomic mass is 32.1. The standard InChI is InChI=1S/C21H24N4OS/c1-16-19-9-11-27-20(19)8-10-24(16)15-21(26)23(2)13-17-12-22-25(14-17)18-6-4-3-5-7-18/h3-7,9,11-12,14,16H,8,10,13,15H2,1-2H3/t16-/m1/s1. The second kappa shape index (κ2) is 7.66. The molecule has 0 N–H and O–H groups in total. The van der Waals surface area contributed by atoms with Gasteiger partial charge in [-0.25, -0.2) is 4.68 Å². The highest BCUT2D eigenvalue weighted by molar-refractivity contribution is 7.10. The van der Waals surface area contributed by atoms with Gasteiger partial charge >= 0.3 is 0 Å². The number of nitrogens with zero attached hydrogens (tertiary/aromatic N) is 4. The molecule has 5 nitrogen and oxygen atoms in total. The van der Waals surface area contributed by atoms with Crippen molar-refractivity contribution in [3.63, 3.8) is 0 Å². The third-order valence-electron chi connectivity index (χ3n) is 5.24. The monoisotopic (exact) mass is 380 g/mol. The van der Waals surface area contributed by atoms with Crippen LogP contribution in [0.2, 0.25) is 0 Å². The number of hydrogen-bond donors (Lipinski definition) is 0. The molecule has 1 atom stereocenters. The number of aromatic nitrogens is 2. The summed E-state index contributed by atoms with van der Waals surface area (Å²) in [4.78, 5) is 18.3. The number of likely N-dealkylation sites (N-methyl/N-ethyl adjacent to an activating group) is 1. The summed E-state index contributed by atoms with van der Waals surface area (Å²) < 4.78 is 1.85. The van der Waals surface area contributed by atoms with Gasteiger partial charge in [0.25, 0.3) is 0 Å². The lowest BCUT2D eigenvalue weighted by atomic mass is 10.0. The topological polar surface area (TPSA) is 41.4 Å². The van der Waals surface area contributed by atoms with Gasteiger partial charge in [0, 0.05) is 42.8 Å². The van der Waals surface area contributed by atoms with Crippen LogP contribution >= 0.6 is 11.3 Å². The van der Waals surface area contributed by atoms with E-state index in [9.17, 15) is 4.79 Å². The lowest BCUT2D eigenvalue weighted by Crippen LogP contribution is -2.41. The van der Waals surface area contributed by atoms with Gasteiger partial charge in [-0.2, -0.15) is 5.10 Å². The molecule has 1 amide bonds. The molecule has 0 aliphatic carbocycles. The first kappa shape index (κ1) is 17.9. The molecule has 3 aromatic rings. The van der Waals surface area contributed by atoms with Gasteiger partial charge < -0.3 is 4.90 Å². The molecule has 0 spiro atoms. The number of benzene rings is 1. The second-order valence-electron chi connectivity index (χ2n) is 7.07. The lowest BCUT2D eigenvalue weighted by molar-refractivity contribution is -0.132. The Balaban J connectivity index is 1.37. The Hall–Kier alpha value is -2.44. The SMILES string of the molecule is C[C@@H]1c2ccsc2CCN1CC(=O)N(C)Cc1cnn(-c2ccccc2)c1. The summed E-state index contributed by atoms with van der Waals surface area (Å²) in [5, 5.41) is 6.57. The fourth-order valence-electron chi connectivity index (χ4n) is 3.60. The third-order valence-corrected chi connectivity index (χ3v) is 6.24. The van der Waals surface area contributed by atoms with Crippen LogP contribution in [-0.4, -0.2) is 45.6 Å². The van der Waals surface area contributed by atoms with Gasteiger partial charge in [0.05, 0.1) is 18.4 Å². The second-order valence-corrected chi connectivity index (χ2v) is 8.07. The van der Waals surface area contributed by atoms with E-state index in [1.165, 1.54) is 10.4 Å². The molecule has 0 radical (unpaired) electrons. The van der Waals surface area contributed by atoms with Crippen LogP contribution in [0.15, 0.2) is 54.2 Å². The maximum Gasteiger partial charge on any atom is 0.236 e. The van der Waals surface area contributed by atoms with Gasteiger partial charge in [0.2, 0.25) is 5.91 Å². The van der Waals surface area contributed by atoms with E-state index in [-0.39, 0.29) is 5.91 Å². The summed E-state index contributed by atoms with van der Waals surface area (Å²) >= 11 is 1.83. The van der Waals surface area contributed by atoms with E-state index in [0.717, 1.165) is 24.2 Å². The van der Waals surface area contributed by atoms with Gasteiger partial charge in [0.1, 0.15) is 0 Å². The number of para-hydroxylation sites is 1. The molecule has 3 heterocycles. The maximum atomic E-state index is 12.7. The molecular weight excluding hydrogens is 356 g/mol. The van der Waals surface area contributed by atoms with Crippen molar-refractivity contribution in [3.05, 3.63) is 70.2 Å². The third kappa shape index (κ3) is 3.82. The predicted molar refractivity (Wildman–Crippen MR) is 108 cm³/mol. The van der Waals surface area contributed by atoms with Crippen LogP contribution in [0.3, 0.4) is 0 Å². The van der Waals surface area contributed by atoms with Crippen molar-refractivity contribution in [2.45, 2.75) is 25.9 Å². The molecule has 0 bridgehead atoms. The summed E-state index contributed by atoms with van der Waals surface area (Å²) in [7, 11) is 1.87. The van der Waals surface area contributed by atoms with Crippen molar-refractivity contribution in [1.82, 2.24) is 19.6 Å². The Labute approximate surface area is 163 Å². The first-order valence-electron chi connectivity index (χ1n) is 9.25. The minimum absolute atomic E-state index is 0.146. The zero-order valence-corrected chi connectivity index (χ0v) is 16.5. The number of carbonyl (C=O) groups excluding carboxylic acids is 1. The van der Waals surface area contributed by atoms with Crippen LogP contribution in [0.1, 0.15) is 29.0 Å². The highest BCUT2D eigenvalue weighted by Crippen LogP contribution is 2.32. The molecule has 4 rings (SSSR count). The summed E-state index contributed by atoms with van der Waals surface area (Å²) in [5.74, 6) is 0.146. The van der Waals surface area contributed by atoms with Crippen molar-refractivity contribution in [2.75, 3.05) is 20.1 Å². The van der Waals surface area contributed by atoms with Crippen LogP contribution in [0.4, 0.5) is 0 Å². The van der Waals surface area contributed by atoms with Gasteiger partial charge in [0.15, 0.2) is 0 Å². The molecule has 6 heteroatoms. The Bertz CT molecular complexity index is 917. The van der Waals surface area contributed by atoms with Crippen molar-refractivity contribution >= 4 is 17.2 Å². The molecule has 0 unspecified atom stereocenters. The van der Waals surface area contributed by atoms with Crippen molar-refractivity contribution in [3.8, 4) is 5.69 Å². The van der Waals surface area contributed by atoms with Crippen LogP contribution in [-0.2, 0) is 17.8 Å². The average Bonchev–Trinajstić information content (AvgIpc) is 3.34. The van der Waals surface area contributed by atoms with Gasteiger partial charge in [-0.1, -0.05) is 18.2 Å². The van der Waals surface area contributed by atoms with Crippen LogP contribution < -0.4 is 0 Å². The summed E-state index contributed by atoms with van der Waals surface area (Å²) in [6.07, 6.45) is 4.86. The average molecular weight is 381 g/mol. The summed E-state index contributed by atoms with van der Waals surface area (Å²) in [5.41, 5.74) is 3.43. The Kier molecular flexibility index (Phi) is 5.09. The molecule has 0 saturated carbocycles. The zero-order valence-electron chi connectivity index (χ0n) is 15.7. The Morgan fingerprint density at radius 2 is 2.11 bits per heavy atom. The number of carbonyl (C=O) groups is 1.